The molecule has 0 spiro atoms. The molecule has 2 unspecified atom stereocenters. The van der Waals surface area contributed by atoms with Crippen molar-refractivity contribution in [3.63, 3.8) is 0 Å². The van der Waals surface area contributed by atoms with Gasteiger partial charge in [0.05, 0.1) is 34.5 Å². The minimum Gasteiger partial charge on any atom is -0.444 e. The molecule has 8 nitrogen and oxygen atoms in total. The van der Waals surface area contributed by atoms with Crippen LogP contribution in [0.25, 0.3) is 22.6 Å². The van der Waals surface area contributed by atoms with E-state index in [1.54, 1.807) is 0 Å². The van der Waals surface area contributed by atoms with Gasteiger partial charge in [-0.15, -0.1) is 0 Å². The van der Waals surface area contributed by atoms with Crippen molar-refractivity contribution in [1.82, 2.24) is 9.55 Å². The average molecular weight is 705 g/mol. The van der Waals surface area contributed by atoms with E-state index in [-0.39, 0.29) is 34.2 Å². The molecular weight excluding hydrogens is 652 g/mol. The molecule has 2 saturated carbocycles. The van der Waals surface area contributed by atoms with Crippen molar-refractivity contribution >= 4 is 34.1 Å². The van der Waals surface area contributed by atoms with E-state index in [4.69, 9.17) is 9.15 Å². The Hall–Kier alpha value is -3.59. The van der Waals surface area contributed by atoms with Crippen LogP contribution in [0.1, 0.15) is 149 Å². The van der Waals surface area contributed by atoms with Gasteiger partial charge in [0, 0.05) is 40.3 Å². The standard InChI is InChI=1S/C44H52N2O6/c1-21(2)35-38(50)33-32-24(27-19-40(4,5)52-41(6,7)34(27)37(32)49)18-25-26-17-23-11-12-29-42(8,15-14-31-45-28(20-51-31)22(3)47)30(48)13-16-43(29,9)44(23,10)39(26)46(35)36(25)33/h14-15,18-20,23,29-30,34-35,37,48-49H,1,11-13,16-17H2,2-10H3/b15-14+/t23?,29-,30-,34?,35-,37+,42-,43-,44+/m0/s1. The molecule has 1 aromatic carbocycles. The number of ketones is 2. The summed E-state index contributed by atoms with van der Waals surface area (Å²) in [6.07, 6.45) is 10.5. The van der Waals surface area contributed by atoms with E-state index < -0.39 is 34.9 Å². The summed E-state index contributed by atoms with van der Waals surface area (Å²) in [5, 5.41) is 25.1. The van der Waals surface area contributed by atoms with Crippen molar-refractivity contribution in [3.8, 4) is 0 Å². The monoisotopic (exact) mass is 704 g/mol. The quantitative estimate of drug-likeness (QED) is 0.207. The van der Waals surface area contributed by atoms with E-state index in [9.17, 15) is 19.8 Å². The average Bonchev–Trinajstić information content (AvgIpc) is 3.83. The number of ether oxygens (including phenoxy) is 1. The minimum absolute atomic E-state index is 0.0238. The zero-order chi connectivity index (χ0) is 37.2. The minimum atomic E-state index is -0.861. The number of hydrogen-bond donors (Lipinski definition) is 2. The molecule has 0 bridgehead atoms. The molecule has 8 heteroatoms. The van der Waals surface area contributed by atoms with Gasteiger partial charge < -0.3 is 23.9 Å². The largest absolute Gasteiger partial charge is 0.444 e. The number of Topliss-reactive ketones (excluding diaryl/α,β-unsaturated/α-hetero) is 2. The van der Waals surface area contributed by atoms with E-state index in [1.807, 2.05) is 13.0 Å². The number of aliphatic hydroxyl groups is 2. The first-order valence-corrected chi connectivity index (χ1v) is 19.2. The second-order valence-electron chi connectivity index (χ2n) is 18.8. The highest BCUT2D eigenvalue weighted by molar-refractivity contribution is 6.18. The fraction of sp³-hybridized carbons (Fsp3) is 0.568. The van der Waals surface area contributed by atoms with Gasteiger partial charge in [0.15, 0.2) is 11.6 Å². The lowest BCUT2D eigenvalue weighted by Crippen LogP contribution is -2.62. The van der Waals surface area contributed by atoms with E-state index in [0.29, 0.717) is 29.5 Å². The van der Waals surface area contributed by atoms with Gasteiger partial charge in [0.25, 0.3) is 0 Å². The molecule has 4 aliphatic carbocycles. The molecule has 3 aromatic rings. The van der Waals surface area contributed by atoms with Gasteiger partial charge in [0.2, 0.25) is 5.89 Å². The third-order valence-electron chi connectivity index (χ3n) is 15.1. The fourth-order valence-electron chi connectivity index (χ4n) is 12.9. The highest BCUT2D eigenvalue weighted by atomic mass is 16.5. The number of oxazole rings is 1. The van der Waals surface area contributed by atoms with Gasteiger partial charge in [-0.1, -0.05) is 39.0 Å². The zero-order valence-electron chi connectivity index (χ0n) is 32.0. The molecule has 0 saturated heterocycles. The van der Waals surface area contributed by atoms with E-state index in [2.05, 4.69) is 82.8 Å². The first-order chi connectivity index (χ1) is 24.3. The Bertz CT molecular complexity index is 2210. The summed E-state index contributed by atoms with van der Waals surface area (Å²) in [7, 11) is 0. The maximum Gasteiger partial charge on any atom is 0.218 e. The molecule has 0 amide bonds. The number of hydrogen-bond acceptors (Lipinski definition) is 7. The molecule has 2 N–H and O–H groups in total. The number of aliphatic hydroxyl groups excluding tert-OH is 2. The Labute approximate surface area is 306 Å². The fourth-order valence-corrected chi connectivity index (χ4v) is 12.9. The summed E-state index contributed by atoms with van der Waals surface area (Å²) >= 11 is 0. The summed E-state index contributed by atoms with van der Waals surface area (Å²) in [5.74, 6) is 0.458. The summed E-state index contributed by atoms with van der Waals surface area (Å²) in [6, 6.07) is 1.76. The van der Waals surface area contributed by atoms with E-state index in [1.165, 1.54) is 24.4 Å². The Balaban J connectivity index is 1.24. The van der Waals surface area contributed by atoms with Crippen molar-refractivity contribution < 1.29 is 29.0 Å². The second-order valence-corrected chi connectivity index (χ2v) is 18.8. The normalized spacial score (nSPS) is 37.8. The smallest absolute Gasteiger partial charge is 0.218 e. The number of aromatic nitrogens is 2. The Morgan fingerprint density at radius 3 is 2.48 bits per heavy atom. The number of allylic oxidation sites excluding steroid dienone is 1. The van der Waals surface area contributed by atoms with Crippen LogP contribution in [0.4, 0.5) is 0 Å². The van der Waals surface area contributed by atoms with Crippen LogP contribution in [-0.2, 0) is 16.6 Å². The summed E-state index contributed by atoms with van der Waals surface area (Å²) in [4.78, 5) is 31.2. The Morgan fingerprint density at radius 1 is 1.08 bits per heavy atom. The number of nitrogens with zero attached hydrogens (tertiary/aromatic N) is 2. The van der Waals surface area contributed by atoms with Crippen molar-refractivity contribution in [3.05, 3.63) is 76.2 Å². The van der Waals surface area contributed by atoms with Gasteiger partial charge in [-0.2, -0.15) is 0 Å². The van der Waals surface area contributed by atoms with Crippen LogP contribution >= 0.6 is 0 Å². The molecule has 2 aromatic heterocycles. The molecule has 4 heterocycles. The SMILES string of the molecule is C=C(C)[C@H]1C(=O)c2c3c(cc4c5c(n1c24)[C@@]1(C)C(CC[C@H]2[C@](C)(/C=C/c4nc(C(C)=O)co4)[C@@H](O)CC[C@@]21C)C5)C1=CC(C)(C)OC(C)(C)C1[C@@H]3O. The predicted molar refractivity (Wildman–Crippen MR) is 200 cm³/mol. The van der Waals surface area contributed by atoms with Gasteiger partial charge in [-0.25, -0.2) is 4.98 Å². The first kappa shape index (κ1) is 34.2. The van der Waals surface area contributed by atoms with E-state index >= 15 is 0 Å². The number of benzene rings is 1. The van der Waals surface area contributed by atoms with Crippen molar-refractivity contribution in [1.29, 1.82) is 0 Å². The highest BCUT2D eigenvalue weighted by Gasteiger charge is 2.68. The number of carbonyl (C=O) groups is 2. The lowest BCUT2D eigenvalue weighted by molar-refractivity contribution is -0.144. The number of rotatable bonds is 4. The van der Waals surface area contributed by atoms with Crippen LogP contribution < -0.4 is 0 Å². The molecule has 2 fully saturated rings. The van der Waals surface area contributed by atoms with Crippen LogP contribution in [0.15, 0.2) is 41.1 Å². The number of carbonyl (C=O) groups excluding carboxylic acids is 2. The van der Waals surface area contributed by atoms with Crippen molar-refractivity contribution in [2.75, 3.05) is 0 Å². The van der Waals surface area contributed by atoms with Gasteiger partial charge in [-0.05, 0) is 119 Å². The molecule has 6 aliphatic rings. The molecular formula is C44H52N2O6. The predicted octanol–water partition coefficient (Wildman–Crippen LogP) is 8.50. The molecule has 52 heavy (non-hydrogen) atoms. The molecule has 0 radical (unpaired) electrons. The summed E-state index contributed by atoms with van der Waals surface area (Å²) in [6.45, 7) is 23.1. The summed E-state index contributed by atoms with van der Waals surface area (Å²) < 4.78 is 14.5. The van der Waals surface area contributed by atoms with Crippen LogP contribution in [-0.4, -0.2) is 48.6 Å². The molecule has 9 rings (SSSR count). The summed E-state index contributed by atoms with van der Waals surface area (Å²) in [5.41, 5.74) is 5.85. The number of fused-ring (bicyclic) bond motifs is 11. The lowest BCUT2D eigenvalue weighted by atomic mass is 9.40. The van der Waals surface area contributed by atoms with Crippen molar-refractivity contribution in [2.45, 2.75) is 129 Å². The Morgan fingerprint density at radius 2 is 1.81 bits per heavy atom. The maximum absolute atomic E-state index is 14.9. The van der Waals surface area contributed by atoms with E-state index in [0.717, 1.165) is 58.9 Å². The molecule has 274 valence electrons. The van der Waals surface area contributed by atoms with Gasteiger partial charge in [0.1, 0.15) is 18.0 Å². The maximum atomic E-state index is 14.9. The topological polar surface area (TPSA) is 115 Å². The van der Waals surface area contributed by atoms with Gasteiger partial charge in [-0.3, -0.25) is 9.59 Å². The lowest BCUT2D eigenvalue weighted by Gasteiger charge is -2.64. The van der Waals surface area contributed by atoms with Crippen LogP contribution in [0.5, 0.6) is 0 Å². The van der Waals surface area contributed by atoms with Crippen LogP contribution in [0, 0.1) is 28.6 Å². The second kappa shape index (κ2) is 10.3. The van der Waals surface area contributed by atoms with Crippen LogP contribution in [0.2, 0.25) is 0 Å². The Kier molecular flexibility index (Phi) is 6.80. The molecule has 9 atom stereocenters. The highest BCUT2D eigenvalue weighted by Crippen LogP contribution is 2.71. The first-order valence-electron chi connectivity index (χ1n) is 19.2. The third kappa shape index (κ3) is 4.01. The van der Waals surface area contributed by atoms with Crippen molar-refractivity contribution in [2.24, 2.45) is 28.6 Å². The van der Waals surface area contributed by atoms with Gasteiger partial charge >= 0.3 is 0 Å². The third-order valence-corrected chi connectivity index (χ3v) is 15.1. The van der Waals surface area contributed by atoms with Crippen LogP contribution in [0.3, 0.4) is 0 Å². The molecule has 2 aliphatic heterocycles. The zero-order valence-corrected chi connectivity index (χ0v) is 32.0.